The number of hydrogen-bond donors (Lipinski definition) is 1. The normalized spacial score (nSPS) is 19.5. The van der Waals surface area contributed by atoms with Crippen LogP contribution in [0.5, 0.6) is 17.2 Å². The van der Waals surface area contributed by atoms with Gasteiger partial charge >= 0.3 is 0 Å². The van der Waals surface area contributed by atoms with Crippen LogP contribution in [0.2, 0.25) is 0 Å². The summed E-state index contributed by atoms with van der Waals surface area (Å²) in [6, 6.07) is 32.0. The maximum Gasteiger partial charge on any atom is 0.260 e. The molecular formula is C49H57N5O6. The molecule has 11 heteroatoms. The standard InChI is InChI=1S/C49H57N5O6/c1-3-4-30-59-38-20-22-40-36(32-38)17-21-39(34-11-6-5-7-12-34)46(40)35-15-18-37(19-16-35)58-31-9-8-25-53-26-28-54(29-27-53)45(56)33-60-43-14-10-13-41-47(51-52(2)48(41)43)42-23-24-44(55)50-49(42)57/h5-7,10-16,18-20,22,32,39,42,46H,3-4,8-9,17,21,23-31,33H2,1-2H3,(H,50,55,57)/t39-,42?,46+/m1/s1. The minimum atomic E-state index is -0.505. The van der Waals surface area contributed by atoms with Crippen LogP contribution < -0.4 is 19.5 Å². The number of para-hydroxylation sites is 1. The van der Waals surface area contributed by atoms with Crippen molar-refractivity contribution < 1.29 is 28.6 Å². The van der Waals surface area contributed by atoms with Gasteiger partial charge in [-0.1, -0.05) is 74.0 Å². The van der Waals surface area contributed by atoms with Crippen LogP contribution in [0, 0.1) is 0 Å². The molecule has 1 aromatic heterocycles. The van der Waals surface area contributed by atoms with E-state index in [1.54, 1.807) is 11.7 Å². The monoisotopic (exact) mass is 811 g/mol. The number of carbonyl (C=O) groups is 3. The van der Waals surface area contributed by atoms with E-state index < -0.39 is 5.92 Å². The van der Waals surface area contributed by atoms with Crippen LogP contribution >= 0.6 is 0 Å². The molecular weight excluding hydrogens is 755 g/mol. The third-order valence-electron chi connectivity index (χ3n) is 12.4. The van der Waals surface area contributed by atoms with Crippen molar-refractivity contribution in [3.63, 3.8) is 0 Å². The highest BCUT2D eigenvalue weighted by Crippen LogP contribution is 2.47. The Morgan fingerprint density at radius 2 is 1.55 bits per heavy atom. The number of piperidine rings is 1. The fraction of sp³-hybridized carbons (Fsp3) is 0.429. The number of aryl methyl sites for hydroxylation is 2. The lowest BCUT2D eigenvalue weighted by atomic mass is 9.69. The van der Waals surface area contributed by atoms with Gasteiger partial charge < -0.3 is 19.1 Å². The molecule has 5 aromatic rings. The van der Waals surface area contributed by atoms with Crippen LogP contribution in [-0.2, 0) is 27.9 Å². The molecule has 60 heavy (non-hydrogen) atoms. The first kappa shape index (κ1) is 41.1. The zero-order valence-electron chi connectivity index (χ0n) is 34.9. The van der Waals surface area contributed by atoms with E-state index in [1.165, 1.54) is 22.3 Å². The average molecular weight is 812 g/mol. The van der Waals surface area contributed by atoms with E-state index in [-0.39, 0.29) is 36.7 Å². The second-order valence-electron chi connectivity index (χ2n) is 16.4. The van der Waals surface area contributed by atoms with Crippen molar-refractivity contribution in [2.45, 2.75) is 76.0 Å². The van der Waals surface area contributed by atoms with E-state index in [4.69, 9.17) is 14.2 Å². The Morgan fingerprint density at radius 1 is 0.783 bits per heavy atom. The van der Waals surface area contributed by atoms with E-state index in [2.05, 4.69) is 95.0 Å². The Labute approximate surface area is 353 Å². The van der Waals surface area contributed by atoms with Crippen LogP contribution in [0.15, 0.2) is 91.0 Å². The summed E-state index contributed by atoms with van der Waals surface area (Å²) in [6.07, 6.45) is 7.00. The number of nitrogens with one attached hydrogen (secondary N) is 1. The molecule has 0 spiro atoms. The molecule has 4 aromatic carbocycles. The summed E-state index contributed by atoms with van der Waals surface area (Å²) in [5, 5.41) is 7.83. The minimum Gasteiger partial charge on any atom is -0.494 e. The van der Waals surface area contributed by atoms with Crippen LogP contribution in [-0.4, -0.2) is 89.8 Å². The summed E-state index contributed by atoms with van der Waals surface area (Å²) in [4.78, 5) is 41.8. The molecule has 0 radical (unpaired) electrons. The summed E-state index contributed by atoms with van der Waals surface area (Å²) in [5.74, 6) is 1.94. The van der Waals surface area contributed by atoms with Gasteiger partial charge in [-0.25, -0.2) is 0 Å². The highest BCUT2D eigenvalue weighted by Gasteiger charge is 2.34. The summed E-state index contributed by atoms with van der Waals surface area (Å²) in [5.41, 5.74) is 6.83. The molecule has 0 saturated carbocycles. The van der Waals surface area contributed by atoms with Crippen molar-refractivity contribution >= 4 is 28.6 Å². The third kappa shape index (κ3) is 9.36. The van der Waals surface area contributed by atoms with Gasteiger partial charge in [-0.05, 0) is 104 Å². The van der Waals surface area contributed by atoms with Gasteiger partial charge in [-0.2, -0.15) is 5.10 Å². The molecule has 3 amide bonds. The summed E-state index contributed by atoms with van der Waals surface area (Å²) in [7, 11) is 1.80. The van der Waals surface area contributed by atoms with Crippen LogP contribution in [0.1, 0.15) is 97.6 Å². The Hall–Kier alpha value is -5.68. The number of imide groups is 1. The van der Waals surface area contributed by atoms with Crippen LogP contribution in [0.25, 0.3) is 10.9 Å². The number of piperazine rings is 1. The highest BCUT2D eigenvalue weighted by molar-refractivity contribution is 6.03. The Bertz CT molecular complexity index is 2270. The van der Waals surface area contributed by atoms with Crippen LogP contribution in [0.3, 0.4) is 0 Å². The molecule has 0 bridgehead atoms. The first-order chi connectivity index (χ1) is 29.4. The molecule has 11 nitrogen and oxygen atoms in total. The Morgan fingerprint density at radius 3 is 2.33 bits per heavy atom. The number of aromatic nitrogens is 2. The van der Waals surface area contributed by atoms with E-state index in [0.717, 1.165) is 87.2 Å². The van der Waals surface area contributed by atoms with Gasteiger partial charge in [0.25, 0.3) is 5.91 Å². The average Bonchev–Trinajstić information content (AvgIpc) is 3.61. The van der Waals surface area contributed by atoms with Crippen molar-refractivity contribution in [2.24, 2.45) is 7.05 Å². The number of hydrogen-bond acceptors (Lipinski definition) is 8. The van der Waals surface area contributed by atoms with Crippen molar-refractivity contribution in [3.05, 3.63) is 119 Å². The number of carbonyl (C=O) groups excluding carboxylic acids is 3. The first-order valence-corrected chi connectivity index (χ1v) is 21.8. The molecule has 1 aliphatic carbocycles. The lowest BCUT2D eigenvalue weighted by Gasteiger charge is -2.35. The maximum atomic E-state index is 13.2. The third-order valence-corrected chi connectivity index (χ3v) is 12.4. The summed E-state index contributed by atoms with van der Waals surface area (Å²) < 4.78 is 20.1. The van der Waals surface area contributed by atoms with Gasteiger partial charge in [-0.15, -0.1) is 0 Å². The van der Waals surface area contributed by atoms with E-state index in [0.29, 0.717) is 43.5 Å². The van der Waals surface area contributed by atoms with Gasteiger partial charge in [0, 0.05) is 51.0 Å². The fourth-order valence-electron chi connectivity index (χ4n) is 9.20. The lowest BCUT2D eigenvalue weighted by Crippen LogP contribution is -2.50. The minimum absolute atomic E-state index is 0.0524. The molecule has 2 saturated heterocycles. The number of unbranched alkanes of at least 4 members (excludes halogenated alkanes) is 2. The van der Waals surface area contributed by atoms with Gasteiger partial charge in [0.05, 0.1) is 24.8 Å². The molecule has 3 heterocycles. The molecule has 2 fully saturated rings. The molecule has 1 N–H and O–H groups in total. The molecule has 3 aliphatic rings. The quantitative estimate of drug-likeness (QED) is 0.0805. The van der Waals surface area contributed by atoms with E-state index >= 15 is 0 Å². The van der Waals surface area contributed by atoms with Crippen molar-refractivity contribution in [3.8, 4) is 17.2 Å². The Balaban J connectivity index is 0.785. The second-order valence-corrected chi connectivity index (χ2v) is 16.4. The maximum absolute atomic E-state index is 13.2. The fourth-order valence-corrected chi connectivity index (χ4v) is 9.20. The van der Waals surface area contributed by atoms with E-state index in [1.807, 2.05) is 23.1 Å². The molecule has 1 unspecified atom stereocenters. The lowest BCUT2D eigenvalue weighted by molar-refractivity contribution is -0.135. The van der Waals surface area contributed by atoms with E-state index in [9.17, 15) is 14.4 Å². The second kappa shape index (κ2) is 19.1. The number of rotatable bonds is 16. The smallest absolute Gasteiger partial charge is 0.260 e. The van der Waals surface area contributed by atoms with Gasteiger partial charge in [0.15, 0.2) is 6.61 Å². The van der Waals surface area contributed by atoms with Gasteiger partial charge in [0.2, 0.25) is 11.8 Å². The number of nitrogens with zero attached hydrogens (tertiary/aromatic N) is 4. The largest absolute Gasteiger partial charge is 0.494 e. The van der Waals surface area contributed by atoms with Crippen molar-refractivity contribution in [2.75, 3.05) is 52.5 Å². The Kier molecular flexibility index (Phi) is 13.1. The highest BCUT2D eigenvalue weighted by atomic mass is 16.5. The summed E-state index contributed by atoms with van der Waals surface area (Å²) in [6.45, 7) is 7.46. The van der Waals surface area contributed by atoms with Crippen molar-refractivity contribution in [1.82, 2.24) is 24.9 Å². The van der Waals surface area contributed by atoms with Gasteiger partial charge in [-0.3, -0.25) is 29.3 Å². The predicted octanol–water partition coefficient (Wildman–Crippen LogP) is 7.52. The number of ether oxygens (including phenoxy) is 3. The topological polar surface area (TPSA) is 115 Å². The molecule has 8 rings (SSSR count). The van der Waals surface area contributed by atoms with Crippen LogP contribution in [0.4, 0.5) is 0 Å². The number of benzene rings is 4. The zero-order valence-corrected chi connectivity index (χ0v) is 34.9. The predicted molar refractivity (Wildman–Crippen MR) is 232 cm³/mol. The van der Waals surface area contributed by atoms with Crippen molar-refractivity contribution in [1.29, 1.82) is 0 Å². The number of fused-ring (bicyclic) bond motifs is 2. The van der Waals surface area contributed by atoms with Gasteiger partial charge in [0.1, 0.15) is 22.8 Å². The summed E-state index contributed by atoms with van der Waals surface area (Å²) >= 11 is 0. The zero-order chi connectivity index (χ0) is 41.4. The first-order valence-electron chi connectivity index (χ1n) is 21.8. The molecule has 3 atom stereocenters. The number of amides is 3. The SMILES string of the molecule is CCCCOc1ccc2c(c1)CC[C@H](c1ccccc1)[C@@H]2c1ccc(OCCCCN2CCN(C(=O)COc3cccc4c(C5CCC(=O)NC5=O)nn(C)c34)CC2)cc1. The molecule has 2 aliphatic heterocycles. The molecule has 314 valence electrons.